The summed E-state index contributed by atoms with van der Waals surface area (Å²) in [5.74, 6) is -0.576. The quantitative estimate of drug-likeness (QED) is 0.833. The highest BCUT2D eigenvalue weighted by Crippen LogP contribution is 2.30. The van der Waals surface area contributed by atoms with Gasteiger partial charge in [-0.15, -0.1) is 0 Å². The van der Waals surface area contributed by atoms with Gasteiger partial charge >= 0.3 is 12.1 Å². The van der Waals surface area contributed by atoms with Crippen molar-refractivity contribution in [2.45, 2.75) is 59.0 Å². The number of carbonyl (C=O) groups excluding carboxylic acids is 2. The van der Waals surface area contributed by atoms with Crippen LogP contribution in [0.5, 0.6) is 0 Å². The lowest BCUT2D eigenvalue weighted by atomic mass is 9.87. The molecule has 1 aliphatic rings. The van der Waals surface area contributed by atoms with Gasteiger partial charge < -0.3 is 19.4 Å². The topological polar surface area (TPSA) is 88.7 Å². The molecule has 0 aromatic carbocycles. The third-order valence-corrected chi connectivity index (χ3v) is 4.26. The molecule has 0 atom stereocenters. The van der Waals surface area contributed by atoms with Gasteiger partial charge in [-0.3, -0.25) is 4.79 Å². The molecule has 1 N–H and O–H groups in total. The van der Waals surface area contributed by atoms with Gasteiger partial charge in [0.2, 0.25) is 0 Å². The Morgan fingerprint density at radius 3 is 2.42 bits per heavy atom. The Morgan fingerprint density at radius 2 is 1.88 bits per heavy atom. The van der Waals surface area contributed by atoms with Crippen LogP contribution >= 0.6 is 0 Å². The lowest BCUT2D eigenvalue weighted by molar-refractivity contribution is 0.0203. The van der Waals surface area contributed by atoms with Crippen LogP contribution in [0.25, 0.3) is 0 Å². The van der Waals surface area contributed by atoms with Crippen LogP contribution < -0.4 is 5.56 Å². The number of piperidine rings is 1. The van der Waals surface area contributed by atoms with Crippen LogP contribution in [0.2, 0.25) is 0 Å². The van der Waals surface area contributed by atoms with E-state index < -0.39 is 17.1 Å². The monoisotopic (exact) mass is 364 g/mol. The normalized spacial score (nSPS) is 15.7. The Morgan fingerprint density at radius 1 is 1.27 bits per heavy atom. The molecule has 0 bridgehead atoms. The smallest absolute Gasteiger partial charge is 0.410 e. The first kappa shape index (κ1) is 20.0. The summed E-state index contributed by atoms with van der Waals surface area (Å²) in [6.45, 7) is 10.3. The molecule has 1 aromatic rings. The SMILES string of the molecule is CCOC(=O)c1c(C2CCN(C(=O)OC(C)(C)C)CC2)cc(C)[nH]c1=O. The van der Waals surface area contributed by atoms with E-state index in [0.717, 1.165) is 0 Å². The molecular formula is C19H28N2O5. The molecule has 1 saturated heterocycles. The highest BCUT2D eigenvalue weighted by atomic mass is 16.6. The van der Waals surface area contributed by atoms with E-state index in [1.807, 2.05) is 26.8 Å². The van der Waals surface area contributed by atoms with Crippen molar-refractivity contribution in [3.05, 3.63) is 33.2 Å². The molecule has 0 spiro atoms. The standard InChI is InChI=1S/C19H28N2O5/c1-6-25-17(23)15-14(11-12(2)20-16(15)22)13-7-9-21(10-8-13)18(24)26-19(3,4)5/h11,13H,6-10H2,1-5H3,(H,20,22). The van der Waals surface area contributed by atoms with E-state index in [-0.39, 0.29) is 24.2 Å². The maximum Gasteiger partial charge on any atom is 0.410 e. The van der Waals surface area contributed by atoms with Gasteiger partial charge in [0, 0.05) is 18.8 Å². The minimum absolute atomic E-state index is 0.0223. The second-order valence-corrected chi connectivity index (χ2v) is 7.57. The lowest BCUT2D eigenvalue weighted by Crippen LogP contribution is -2.41. The van der Waals surface area contributed by atoms with Crippen LogP contribution in [0, 0.1) is 6.92 Å². The Hall–Kier alpha value is -2.31. The number of nitrogens with zero attached hydrogens (tertiary/aromatic N) is 1. The Balaban J connectivity index is 2.18. The zero-order chi connectivity index (χ0) is 19.5. The predicted octanol–water partition coefficient (Wildman–Crippen LogP) is 2.97. The van der Waals surface area contributed by atoms with Crippen molar-refractivity contribution in [2.24, 2.45) is 0 Å². The molecule has 7 heteroatoms. The van der Waals surface area contributed by atoms with Crippen LogP contribution in [0.4, 0.5) is 4.79 Å². The van der Waals surface area contributed by atoms with E-state index in [0.29, 0.717) is 37.2 Å². The van der Waals surface area contributed by atoms with E-state index >= 15 is 0 Å². The van der Waals surface area contributed by atoms with Gasteiger partial charge in [0.15, 0.2) is 0 Å². The number of ether oxygens (including phenoxy) is 2. The number of rotatable bonds is 3. The van der Waals surface area contributed by atoms with Gasteiger partial charge in [-0.25, -0.2) is 9.59 Å². The molecule has 144 valence electrons. The second kappa shape index (κ2) is 7.93. The molecule has 2 heterocycles. The van der Waals surface area contributed by atoms with Crippen LogP contribution in [-0.2, 0) is 9.47 Å². The fraction of sp³-hybridized carbons (Fsp3) is 0.632. The van der Waals surface area contributed by atoms with Gasteiger partial charge in [0.1, 0.15) is 11.2 Å². The van der Waals surface area contributed by atoms with Crippen molar-refractivity contribution in [3.8, 4) is 0 Å². The molecule has 1 aliphatic heterocycles. The van der Waals surface area contributed by atoms with Crippen molar-refractivity contribution in [1.82, 2.24) is 9.88 Å². The number of nitrogens with one attached hydrogen (secondary N) is 1. The van der Waals surface area contributed by atoms with Crippen LogP contribution in [-0.4, -0.2) is 47.2 Å². The van der Waals surface area contributed by atoms with Crippen molar-refractivity contribution in [2.75, 3.05) is 19.7 Å². The summed E-state index contributed by atoms with van der Waals surface area (Å²) in [6.07, 6.45) is 0.993. The first-order chi connectivity index (χ1) is 12.1. The molecule has 2 rings (SSSR count). The maximum atomic E-state index is 12.3. The van der Waals surface area contributed by atoms with E-state index in [9.17, 15) is 14.4 Å². The summed E-state index contributed by atoms with van der Waals surface area (Å²) in [4.78, 5) is 41.1. The summed E-state index contributed by atoms with van der Waals surface area (Å²) < 4.78 is 10.5. The van der Waals surface area contributed by atoms with Crippen molar-refractivity contribution >= 4 is 12.1 Å². The van der Waals surface area contributed by atoms with Gasteiger partial charge in [-0.2, -0.15) is 0 Å². The first-order valence-corrected chi connectivity index (χ1v) is 9.01. The number of hydrogen-bond acceptors (Lipinski definition) is 5. The molecule has 7 nitrogen and oxygen atoms in total. The Bertz CT molecular complexity index is 724. The third kappa shape index (κ3) is 4.86. The minimum Gasteiger partial charge on any atom is -0.462 e. The summed E-state index contributed by atoms with van der Waals surface area (Å²) in [6, 6.07) is 1.83. The Kier molecular flexibility index (Phi) is 6.10. The van der Waals surface area contributed by atoms with Gasteiger partial charge in [-0.05, 0) is 65.0 Å². The summed E-state index contributed by atoms with van der Waals surface area (Å²) in [5, 5.41) is 0. The van der Waals surface area contributed by atoms with Crippen LogP contribution in [0.3, 0.4) is 0 Å². The molecule has 0 saturated carbocycles. The van der Waals surface area contributed by atoms with Gasteiger partial charge in [0.25, 0.3) is 5.56 Å². The zero-order valence-corrected chi connectivity index (χ0v) is 16.2. The molecular weight excluding hydrogens is 336 g/mol. The minimum atomic E-state index is -0.599. The summed E-state index contributed by atoms with van der Waals surface area (Å²) in [7, 11) is 0. The fourth-order valence-corrected chi connectivity index (χ4v) is 3.15. The van der Waals surface area contributed by atoms with Crippen molar-refractivity contribution < 1.29 is 19.1 Å². The molecule has 26 heavy (non-hydrogen) atoms. The molecule has 1 fully saturated rings. The largest absolute Gasteiger partial charge is 0.462 e. The maximum absolute atomic E-state index is 12.3. The predicted molar refractivity (Wildman–Crippen MR) is 97.5 cm³/mol. The Labute approximate surface area is 153 Å². The average molecular weight is 364 g/mol. The van der Waals surface area contributed by atoms with Crippen molar-refractivity contribution in [1.29, 1.82) is 0 Å². The second-order valence-electron chi connectivity index (χ2n) is 7.57. The molecule has 0 radical (unpaired) electrons. The molecule has 1 aromatic heterocycles. The summed E-state index contributed by atoms with van der Waals surface area (Å²) >= 11 is 0. The average Bonchev–Trinajstić information content (AvgIpc) is 2.52. The number of carbonyl (C=O) groups is 2. The van der Waals surface area contributed by atoms with Crippen LogP contribution in [0.15, 0.2) is 10.9 Å². The van der Waals surface area contributed by atoms with E-state index in [1.54, 1.807) is 18.7 Å². The number of hydrogen-bond donors (Lipinski definition) is 1. The summed E-state index contributed by atoms with van der Waals surface area (Å²) in [5.41, 5.74) is 0.525. The fourth-order valence-electron chi connectivity index (χ4n) is 3.15. The van der Waals surface area contributed by atoms with Gasteiger partial charge in [-0.1, -0.05) is 0 Å². The number of esters is 1. The number of aromatic amines is 1. The number of aromatic nitrogens is 1. The highest BCUT2D eigenvalue weighted by molar-refractivity contribution is 5.91. The number of likely N-dealkylation sites (tertiary alicyclic amines) is 1. The molecule has 0 unspecified atom stereocenters. The zero-order valence-electron chi connectivity index (χ0n) is 16.2. The third-order valence-electron chi connectivity index (χ3n) is 4.26. The number of H-pyrrole nitrogens is 1. The van der Waals surface area contributed by atoms with E-state index in [4.69, 9.17) is 9.47 Å². The van der Waals surface area contributed by atoms with E-state index in [2.05, 4.69) is 4.98 Å². The first-order valence-electron chi connectivity index (χ1n) is 9.01. The lowest BCUT2D eigenvalue weighted by Gasteiger charge is -2.34. The number of pyridine rings is 1. The highest BCUT2D eigenvalue weighted by Gasteiger charge is 2.30. The number of amides is 1. The van der Waals surface area contributed by atoms with E-state index in [1.165, 1.54) is 0 Å². The van der Waals surface area contributed by atoms with Crippen LogP contribution in [0.1, 0.15) is 68.1 Å². The number of aryl methyl sites for hydroxylation is 1. The van der Waals surface area contributed by atoms with Crippen molar-refractivity contribution in [3.63, 3.8) is 0 Å². The molecule has 1 amide bonds. The van der Waals surface area contributed by atoms with Gasteiger partial charge in [0.05, 0.1) is 6.61 Å². The molecule has 0 aliphatic carbocycles.